The lowest BCUT2D eigenvalue weighted by atomic mass is 9.98. The van der Waals surface area contributed by atoms with E-state index in [2.05, 4.69) is 11.4 Å². The van der Waals surface area contributed by atoms with Crippen molar-refractivity contribution >= 4 is 5.91 Å². The number of alkyl halides is 3. The molecule has 1 saturated carbocycles. The monoisotopic (exact) mass is 494 g/mol. The van der Waals surface area contributed by atoms with Crippen LogP contribution in [0.4, 0.5) is 13.2 Å². The van der Waals surface area contributed by atoms with E-state index in [0.717, 1.165) is 54.5 Å². The maximum atomic E-state index is 13.6. The summed E-state index contributed by atoms with van der Waals surface area (Å²) < 4.78 is 46.7. The molecule has 1 heterocycles. The zero-order chi connectivity index (χ0) is 25.1. The van der Waals surface area contributed by atoms with Crippen molar-refractivity contribution < 1.29 is 22.7 Å². The lowest BCUT2D eigenvalue weighted by molar-refractivity contribution is -0.138. The summed E-state index contributed by atoms with van der Waals surface area (Å²) in [5, 5.41) is 3.11. The second-order valence-electron chi connectivity index (χ2n) is 9.53. The molecule has 1 fully saturated rings. The zero-order valence-electron chi connectivity index (χ0n) is 19.9. The number of hydrogen-bond donors (Lipinski definition) is 1. The average Bonchev–Trinajstić information content (AvgIpc) is 3.31. The van der Waals surface area contributed by atoms with Gasteiger partial charge in [-0.15, -0.1) is 0 Å². The number of hydrogen-bond acceptors (Lipinski definition) is 3. The van der Waals surface area contributed by atoms with Gasteiger partial charge in [0.05, 0.1) is 5.56 Å². The van der Waals surface area contributed by atoms with Gasteiger partial charge in [0.1, 0.15) is 18.4 Å². The molecular weight excluding hydrogens is 465 g/mol. The summed E-state index contributed by atoms with van der Waals surface area (Å²) in [6.45, 7) is 1.10. The van der Waals surface area contributed by atoms with E-state index in [4.69, 9.17) is 4.74 Å². The van der Waals surface area contributed by atoms with E-state index in [1.165, 1.54) is 6.07 Å². The lowest BCUT2D eigenvalue weighted by Gasteiger charge is -2.30. The predicted molar refractivity (Wildman–Crippen MR) is 132 cm³/mol. The van der Waals surface area contributed by atoms with E-state index in [-0.39, 0.29) is 24.1 Å². The third-order valence-electron chi connectivity index (χ3n) is 7.00. The van der Waals surface area contributed by atoms with E-state index < -0.39 is 17.8 Å². The Balaban J connectivity index is 1.50. The number of halogens is 3. The number of amides is 1. The minimum absolute atomic E-state index is 0.0548. The topological polar surface area (TPSA) is 41.6 Å². The molecule has 188 valence electrons. The van der Waals surface area contributed by atoms with E-state index >= 15 is 0 Å². The summed E-state index contributed by atoms with van der Waals surface area (Å²) in [5.74, 6) is 0.0577. The van der Waals surface area contributed by atoms with E-state index in [1.54, 1.807) is 0 Å². The molecule has 7 heteroatoms. The number of benzene rings is 3. The Morgan fingerprint density at radius 2 is 1.69 bits per heavy atom. The average molecular weight is 495 g/mol. The fourth-order valence-electron chi connectivity index (χ4n) is 5.21. The molecule has 0 radical (unpaired) electrons. The number of fused-ring (bicyclic) bond motifs is 1. The van der Waals surface area contributed by atoms with Gasteiger partial charge in [-0.05, 0) is 53.8 Å². The highest BCUT2D eigenvalue weighted by Gasteiger charge is 2.37. The normalized spacial score (nSPS) is 18.8. The van der Waals surface area contributed by atoms with Crippen LogP contribution in [0, 0.1) is 0 Å². The van der Waals surface area contributed by atoms with Crippen molar-refractivity contribution in [2.45, 2.75) is 50.5 Å². The summed E-state index contributed by atoms with van der Waals surface area (Å²) in [6.07, 6.45) is -0.636. The number of ether oxygens (including phenoxy) is 1. The largest absolute Gasteiger partial charge is 0.492 e. The maximum Gasteiger partial charge on any atom is 0.416 e. The van der Waals surface area contributed by atoms with Crippen molar-refractivity contribution in [3.63, 3.8) is 0 Å². The first-order valence-corrected chi connectivity index (χ1v) is 12.4. The number of nitrogens with zero attached hydrogens (tertiary/aromatic N) is 1. The van der Waals surface area contributed by atoms with Gasteiger partial charge >= 0.3 is 6.18 Å². The fraction of sp³-hybridized carbons (Fsp3) is 0.345. The number of carbonyl (C=O) groups excluding carboxylic acids is 1. The van der Waals surface area contributed by atoms with Gasteiger partial charge in [0.15, 0.2) is 0 Å². The van der Waals surface area contributed by atoms with Crippen LogP contribution in [0.5, 0.6) is 5.75 Å². The lowest BCUT2D eigenvalue weighted by Crippen LogP contribution is -2.44. The Morgan fingerprint density at radius 3 is 2.44 bits per heavy atom. The van der Waals surface area contributed by atoms with E-state index in [0.29, 0.717) is 18.8 Å². The highest BCUT2D eigenvalue weighted by molar-refractivity contribution is 5.84. The molecule has 2 aliphatic rings. The number of carbonyl (C=O) groups is 1. The predicted octanol–water partition coefficient (Wildman–Crippen LogP) is 6.37. The van der Waals surface area contributed by atoms with Crippen molar-refractivity contribution in [1.82, 2.24) is 10.2 Å². The molecule has 1 amide bonds. The van der Waals surface area contributed by atoms with Crippen molar-refractivity contribution in [1.29, 1.82) is 0 Å². The Kier molecular flexibility index (Phi) is 7.01. The van der Waals surface area contributed by atoms with Crippen LogP contribution in [-0.4, -0.2) is 30.0 Å². The van der Waals surface area contributed by atoms with Crippen molar-refractivity contribution in [2.75, 3.05) is 13.2 Å². The van der Waals surface area contributed by atoms with Gasteiger partial charge in [-0.2, -0.15) is 13.2 Å². The molecule has 1 aliphatic carbocycles. The third kappa shape index (κ3) is 5.41. The van der Waals surface area contributed by atoms with Gasteiger partial charge in [-0.25, -0.2) is 0 Å². The molecule has 36 heavy (non-hydrogen) atoms. The molecule has 1 unspecified atom stereocenters. The number of rotatable bonds is 5. The van der Waals surface area contributed by atoms with Crippen LogP contribution in [0.3, 0.4) is 0 Å². The second-order valence-corrected chi connectivity index (χ2v) is 9.53. The Labute approximate surface area is 209 Å². The summed E-state index contributed by atoms with van der Waals surface area (Å²) in [6, 6.07) is 20.6. The Hall–Kier alpha value is -3.32. The smallest absolute Gasteiger partial charge is 0.416 e. The summed E-state index contributed by atoms with van der Waals surface area (Å²) in [7, 11) is 0. The Bertz CT molecular complexity index is 1210. The van der Waals surface area contributed by atoms with E-state index in [1.807, 2.05) is 53.4 Å². The van der Waals surface area contributed by atoms with Gasteiger partial charge in [0.2, 0.25) is 5.91 Å². The summed E-state index contributed by atoms with van der Waals surface area (Å²) >= 11 is 0. The molecule has 3 aromatic rings. The van der Waals surface area contributed by atoms with Crippen LogP contribution in [0.2, 0.25) is 0 Å². The standard InChI is InChI=1S/C29H29F3N2O2/c30-29(31,32)23-13-14-26-25(18-23)27(28(35)33-24-11-4-5-12-24)34(15-16-36-26)19-20-7-6-10-22(17-20)21-8-2-1-3-9-21/h1-3,6-10,13-14,17-18,24,27H,4-5,11-12,15-16,19H2,(H,33,35). The van der Waals surface area contributed by atoms with Crippen LogP contribution in [0.25, 0.3) is 11.1 Å². The second kappa shape index (κ2) is 10.3. The molecule has 0 aromatic heterocycles. The van der Waals surface area contributed by atoms with Gasteiger partial charge in [0, 0.05) is 24.7 Å². The molecule has 0 saturated heterocycles. The zero-order valence-corrected chi connectivity index (χ0v) is 19.9. The molecule has 5 rings (SSSR count). The first-order chi connectivity index (χ1) is 17.4. The summed E-state index contributed by atoms with van der Waals surface area (Å²) in [4.78, 5) is 15.6. The highest BCUT2D eigenvalue weighted by Crippen LogP contribution is 2.39. The fourth-order valence-corrected chi connectivity index (χ4v) is 5.21. The van der Waals surface area contributed by atoms with Crippen LogP contribution in [-0.2, 0) is 17.5 Å². The quantitative estimate of drug-likeness (QED) is 0.448. The molecular formula is C29H29F3N2O2. The van der Waals surface area contributed by atoms with Crippen LogP contribution >= 0.6 is 0 Å². The van der Waals surface area contributed by atoms with Crippen molar-refractivity contribution in [2.24, 2.45) is 0 Å². The van der Waals surface area contributed by atoms with Gasteiger partial charge < -0.3 is 10.1 Å². The first kappa shape index (κ1) is 24.4. The minimum atomic E-state index is -4.51. The SMILES string of the molecule is O=C(NC1CCCC1)C1c2cc(C(F)(F)F)ccc2OCCN1Cc1cccc(-c2ccccc2)c1. The first-order valence-electron chi connectivity index (χ1n) is 12.4. The molecule has 4 nitrogen and oxygen atoms in total. The van der Waals surface area contributed by atoms with Crippen molar-refractivity contribution in [3.05, 3.63) is 89.5 Å². The van der Waals surface area contributed by atoms with Crippen molar-refractivity contribution in [3.8, 4) is 16.9 Å². The molecule has 1 N–H and O–H groups in total. The Morgan fingerprint density at radius 1 is 0.944 bits per heavy atom. The highest BCUT2D eigenvalue weighted by atomic mass is 19.4. The molecule has 0 bridgehead atoms. The van der Waals surface area contributed by atoms with Crippen LogP contribution in [0.1, 0.15) is 48.4 Å². The maximum absolute atomic E-state index is 13.6. The van der Waals surface area contributed by atoms with Crippen LogP contribution in [0.15, 0.2) is 72.8 Å². The number of nitrogens with one attached hydrogen (secondary N) is 1. The molecule has 1 atom stereocenters. The third-order valence-corrected chi connectivity index (χ3v) is 7.00. The molecule has 3 aromatic carbocycles. The summed E-state index contributed by atoms with van der Waals surface area (Å²) in [5.41, 5.74) is 2.58. The molecule has 0 spiro atoms. The van der Waals surface area contributed by atoms with Gasteiger partial charge in [-0.1, -0.05) is 61.4 Å². The van der Waals surface area contributed by atoms with Gasteiger partial charge in [0.25, 0.3) is 0 Å². The van der Waals surface area contributed by atoms with E-state index in [9.17, 15) is 18.0 Å². The minimum Gasteiger partial charge on any atom is -0.492 e. The van der Waals surface area contributed by atoms with Crippen LogP contribution < -0.4 is 10.1 Å². The molecule has 1 aliphatic heterocycles. The van der Waals surface area contributed by atoms with Gasteiger partial charge in [-0.3, -0.25) is 9.69 Å².